The largest absolute Gasteiger partial charge is 0.457 e. The second kappa shape index (κ2) is 16.7. The summed E-state index contributed by atoms with van der Waals surface area (Å²) < 4.78 is 9.43. The van der Waals surface area contributed by atoms with Crippen LogP contribution in [0.5, 0.6) is 11.5 Å². The third-order valence-corrected chi connectivity index (χ3v) is 17.5. The Morgan fingerprint density at radius 2 is 0.848 bits per heavy atom. The Bertz CT molecular complexity index is 4590. The first kappa shape index (κ1) is 44.1. The molecule has 1 spiro atoms. The lowest BCUT2D eigenvalue weighted by Gasteiger charge is -2.45. The molecular formula is C74H48BN3O. The number of benzene rings is 12. The molecule has 0 amide bonds. The van der Waals surface area contributed by atoms with E-state index in [1.165, 1.54) is 111 Å². The van der Waals surface area contributed by atoms with Crippen molar-refractivity contribution in [1.29, 1.82) is 0 Å². The second-order valence-corrected chi connectivity index (χ2v) is 21.5. The van der Waals surface area contributed by atoms with Crippen molar-refractivity contribution >= 4 is 79.0 Å². The zero-order valence-electron chi connectivity index (χ0n) is 43.3. The molecule has 12 aromatic carbocycles. The van der Waals surface area contributed by atoms with Crippen LogP contribution in [0.2, 0.25) is 0 Å². The molecule has 0 saturated carbocycles. The van der Waals surface area contributed by atoms with Gasteiger partial charge >= 0.3 is 0 Å². The molecule has 1 aliphatic carbocycles. The first-order valence-electron chi connectivity index (χ1n) is 27.4. The molecule has 0 radical (unpaired) electrons. The molecule has 79 heavy (non-hydrogen) atoms. The molecule has 5 heteroatoms. The van der Waals surface area contributed by atoms with Crippen LogP contribution in [0.3, 0.4) is 0 Å². The SMILES string of the molecule is Cc1ccc2c(c1)N(c1ccccc1-c1ccccc1)c1cccc3c1B2c1cc2c(cc1N3c1ccccc1-c1ccccc1)-c1cc(-n3c4ccccc4c4ccccc43)ccc1C21c2ccccc2Oc2ccccc21. The Kier molecular flexibility index (Phi) is 9.32. The van der Waals surface area contributed by atoms with Gasteiger partial charge in [-0.2, -0.15) is 0 Å². The van der Waals surface area contributed by atoms with Crippen molar-refractivity contribution in [1.82, 2.24) is 4.57 Å². The molecular weight excluding hydrogens is 958 g/mol. The summed E-state index contributed by atoms with van der Waals surface area (Å²) in [6, 6.07) is 101. The van der Waals surface area contributed by atoms with Crippen LogP contribution in [0.15, 0.2) is 273 Å². The van der Waals surface area contributed by atoms with Gasteiger partial charge in [-0.05, 0) is 135 Å². The smallest absolute Gasteiger partial charge is 0.252 e. The maximum atomic E-state index is 6.96. The Balaban J connectivity index is 1.01. The van der Waals surface area contributed by atoms with Crippen LogP contribution >= 0.6 is 0 Å². The quantitative estimate of drug-likeness (QED) is 0.160. The minimum Gasteiger partial charge on any atom is -0.457 e. The molecule has 4 heterocycles. The fraction of sp³-hybridized carbons (Fsp3) is 0.0270. The second-order valence-electron chi connectivity index (χ2n) is 21.5. The predicted molar refractivity (Wildman–Crippen MR) is 328 cm³/mol. The van der Waals surface area contributed by atoms with E-state index in [4.69, 9.17) is 4.74 Å². The lowest BCUT2D eigenvalue weighted by atomic mass is 9.33. The molecule has 1 aromatic heterocycles. The van der Waals surface area contributed by atoms with Crippen LogP contribution in [0, 0.1) is 6.92 Å². The summed E-state index contributed by atoms with van der Waals surface area (Å²) >= 11 is 0. The van der Waals surface area contributed by atoms with Crippen molar-refractivity contribution in [3.63, 3.8) is 0 Å². The third kappa shape index (κ3) is 6.10. The Morgan fingerprint density at radius 1 is 0.342 bits per heavy atom. The summed E-state index contributed by atoms with van der Waals surface area (Å²) in [6.07, 6.45) is 0. The number of aryl methyl sites for hydroxylation is 1. The molecule has 0 unspecified atom stereocenters. The van der Waals surface area contributed by atoms with E-state index in [0.29, 0.717) is 0 Å². The number of fused-ring (bicyclic) bond motifs is 16. The molecule has 0 saturated heterocycles. The molecule has 0 N–H and O–H groups in total. The maximum absolute atomic E-state index is 6.96. The number of rotatable bonds is 5. The van der Waals surface area contributed by atoms with Crippen LogP contribution in [0.4, 0.5) is 34.1 Å². The van der Waals surface area contributed by atoms with E-state index in [0.717, 1.165) is 39.7 Å². The van der Waals surface area contributed by atoms with Gasteiger partial charge in [-0.3, -0.25) is 0 Å². The predicted octanol–water partition coefficient (Wildman–Crippen LogP) is 17.0. The molecule has 4 nitrogen and oxygen atoms in total. The lowest BCUT2D eigenvalue weighted by Crippen LogP contribution is -2.61. The normalized spacial score (nSPS) is 13.8. The molecule has 0 atom stereocenters. The molecule has 0 fully saturated rings. The lowest BCUT2D eigenvalue weighted by molar-refractivity contribution is 0.436. The van der Waals surface area contributed by atoms with Crippen molar-refractivity contribution in [3.05, 3.63) is 301 Å². The van der Waals surface area contributed by atoms with Crippen LogP contribution in [0.25, 0.3) is 60.9 Å². The zero-order chi connectivity index (χ0) is 51.9. The van der Waals surface area contributed by atoms with Crippen LogP contribution in [-0.2, 0) is 5.41 Å². The van der Waals surface area contributed by atoms with Gasteiger partial charge in [0.25, 0.3) is 6.71 Å². The maximum Gasteiger partial charge on any atom is 0.252 e. The summed E-state index contributed by atoms with van der Waals surface area (Å²) in [5.74, 6) is 1.75. The Hall–Kier alpha value is -10.1. The van der Waals surface area contributed by atoms with Crippen molar-refractivity contribution in [2.75, 3.05) is 9.80 Å². The summed E-state index contributed by atoms with van der Waals surface area (Å²) in [4.78, 5) is 5.15. The minimum atomic E-state index is -0.720. The van der Waals surface area contributed by atoms with Gasteiger partial charge in [0, 0.05) is 61.5 Å². The summed E-state index contributed by atoms with van der Waals surface area (Å²) in [7, 11) is 0. The van der Waals surface area contributed by atoms with Gasteiger partial charge in [0.15, 0.2) is 0 Å². The number of aromatic nitrogens is 1. The molecule has 3 aliphatic heterocycles. The van der Waals surface area contributed by atoms with Crippen LogP contribution in [-0.4, -0.2) is 11.3 Å². The van der Waals surface area contributed by atoms with E-state index >= 15 is 0 Å². The Labute approximate surface area is 459 Å². The monoisotopic (exact) mass is 1010 g/mol. The van der Waals surface area contributed by atoms with Crippen molar-refractivity contribution in [2.45, 2.75) is 12.3 Å². The standard InChI is InChI=1S/C74H48BN3O/c1-47-39-42-61-69(43-47)77(63-31-14-8-25-51(63)48-21-4-2-5-22-48)67-35-20-36-68-73(67)75(61)62-46-60-56(45-70(62)78(68)64-32-15-9-26-52(64)49-23-6-3-7-24-49)55-44-50(76-65-33-16-10-27-53(65)54-28-11-17-34-66(54)76)40-41-57(55)74(60)58-29-12-18-37-71(58)79-72-38-19-13-30-59(72)74/h2-46H,1H3. The van der Waals surface area contributed by atoms with Crippen molar-refractivity contribution in [3.8, 4) is 50.6 Å². The van der Waals surface area contributed by atoms with E-state index in [1.54, 1.807) is 0 Å². The van der Waals surface area contributed by atoms with Crippen molar-refractivity contribution < 1.29 is 4.74 Å². The topological polar surface area (TPSA) is 20.6 Å². The van der Waals surface area contributed by atoms with E-state index in [-0.39, 0.29) is 6.71 Å². The van der Waals surface area contributed by atoms with E-state index < -0.39 is 5.41 Å². The van der Waals surface area contributed by atoms with E-state index in [1.807, 2.05) is 0 Å². The number of nitrogens with zero attached hydrogens (tertiary/aromatic N) is 3. The fourth-order valence-electron chi connectivity index (χ4n) is 14.3. The highest BCUT2D eigenvalue weighted by molar-refractivity contribution is 7.00. The number of anilines is 6. The van der Waals surface area contributed by atoms with Crippen LogP contribution < -0.4 is 30.9 Å². The highest BCUT2D eigenvalue weighted by atomic mass is 16.5. The third-order valence-electron chi connectivity index (χ3n) is 17.5. The molecule has 17 rings (SSSR count). The first-order valence-corrected chi connectivity index (χ1v) is 27.4. The van der Waals surface area contributed by atoms with Gasteiger partial charge in [-0.25, -0.2) is 0 Å². The summed E-state index contributed by atoms with van der Waals surface area (Å²) in [5.41, 5.74) is 26.7. The highest BCUT2D eigenvalue weighted by Crippen LogP contribution is 2.63. The molecule has 368 valence electrons. The molecule has 4 aliphatic rings. The fourth-order valence-corrected chi connectivity index (χ4v) is 14.3. The molecule has 0 bridgehead atoms. The van der Waals surface area contributed by atoms with Gasteiger partial charge in [-0.1, -0.05) is 200 Å². The zero-order valence-corrected chi connectivity index (χ0v) is 43.3. The number of hydrogen-bond donors (Lipinski definition) is 0. The van der Waals surface area contributed by atoms with Gasteiger partial charge in [0.05, 0.1) is 27.8 Å². The molecule has 13 aromatic rings. The van der Waals surface area contributed by atoms with Crippen LogP contribution in [0.1, 0.15) is 27.8 Å². The first-order chi connectivity index (χ1) is 39.1. The van der Waals surface area contributed by atoms with E-state index in [2.05, 4.69) is 294 Å². The Morgan fingerprint density at radius 3 is 1.47 bits per heavy atom. The number of ether oxygens (including phenoxy) is 1. The summed E-state index contributed by atoms with van der Waals surface area (Å²) in [6.45, 7) is 2.10. The van der Waals surface area contributed by atoms with Crippen molar-refractivity contribution in [2.24, 2.45) is 0 Å². The number of hydrogen-bond acceptors (Lipinski definition) is 3. The average molecular weight is 1010 g/mol. The average Bonchev–Trinajstić information content (AvgIpc) is 3.10. The van der Waals surface area contributed by atoms with Gasteiger partial charge in [0.1, 0.15) is 11.5 Å². The van der Waals surface area contributed by atoms with Gasteiger partial charge in [0.2, 0.25) is 0 Å². The minimum absolute atomic E-state index is 0.123. The highest BCUT2D eigenvalue weighted by Gasteiger charge is 2.53. The number of para-hydroxylation sites is 6. The van der Waals surface area contributed by atoms with Gasteiger partial charge in [-0.15, -0.1) is 0 Å². The summed E-state index contributed by atoms with van der Waals surface area (Å²) in [5, 5.41) is 2.49. The van der Waals surface area contributed by atoms with Gasteiger partial charge < -0.3 is 19.1 Å². The van der Waals surface area contributed by atoms with E-state index in [9.17, 15) is 0 Å².